The minimum absolute atomic E-state index is 0.119. The van der Waals surface area contributed by atoms with Crippen molar-refractivity contribution in [3.63, 3.8) is 0 Å². The molecule has 0 saturated carbocycles. The van der Waals surface area contributed by atoms with E-state index in [1.165, 1.54) is 41.5 Å². The third-order valence-corrected chi connectivity index (χ3v) is 5.87. The van der Waals surface area contributed by atoms with Gasteiger partial charge in [-0.3, -0.25) is 0 Å². The summed E-state index contributed by atoms with van der Waals surface area (Å²) < 4.78 is 6.26. The van der Waals surface area contributed by atoms with Crippen LogP contribution in [-0.2, 0) is 6.42 Å². The number of fused-ring (bicyclic) bond motifs is 1. The van der Waals surface area contributed by atoms with Crippen molar-refractivity contribution in [1.29, 1.82) is 0 Å². The average Bonchev–Trinajstić information content (AvgIpc) is 3.25. The average molecular weight is 514 g/mol. The highest BCUT2D eigenvalue weighted by molar-refractivity contribution is 6.30. The smallest absolute Gasteiger partial charge is 0.124 e. The molecule has 0 amide bonds. The molecule has 1 aliphatic carbocycles. The summed E-state index contributed by atoms with van der Waals surface area (Å²) in [5.41, 5.74) is 11.1. The molecule has 36 heavy (non-hydrogen) atoms. The highest BCUT2D eigenvalue weighted by atomic mass is 35.5. The first-order chi connectivity index (χ1) is 17.2. The molecule has 2 aromatic carbocycles. The van der Waals surface area contributed by atoms with Gasteiger partial charge >= 0.3 is 0 Å². The summed E-state index contributed by atoms with van der Waals surface area (Å²) in [4.78, 5) is 0. The normalized spacial score (nSPS) is 14.6. The van der Waals surface area contributed by atoms with Crippen LogP contribution in [-0.4, -0.2) is 6.54 Å². The SMILES string of the molecule is C=C(C)/C=C(/c1ccc(OC2CCc3cc(Cl)ccc32)cc1)C(C)CC.CCC.CCCC.CCN. The summed E-state index contributed by atoms with van der Waals surface area (Å²) in [5.74, 6) is 1.42. The topological polar surface area (TPSA) is 35.2 Å². The molecule has 0 aliphatic heterocycles. The molecule has 0 saturated heterocycles. The third-order valence-electron chi connectivity index (χ3n) is 5.64. The second kappa shape index (κ2) is 20.1. The summed E-state index contributed by atoms with van der Waals surface area (Å²) in [6, 6.07) is 14.6. The molecular formula is C33H52ClNO. The highest BCUT2D eigenvalue weighted by Gasteiger charge is 2.24. The van der Waals surface area contributed by atoms with Gasteiger partial charge in [-0.15, -0.1) is 0 Å². The predicted octanol–water partition coefficient (Wildman–Crippen LogP) is 10.6. The van der Waals surface area contributed by atoms with Gasteiger partial charge in [0, 0.05) is 5.02 Å². The standard InChI is InChI=1S/C24H27ClO.C4H10.C3H8.C2H7N/c1-5-17(4)23(14-16(2)3)18-6-10-21(11-7-18)26-24-13-8-19-15-20(25)9-12-22(19)24;1-3-4-2;1-3-2;1-2-3/h6-7,9-12,14-15,17,24H,2,5,8,13H2,1,3-4H3;3-4H2,1-2H3;3H2,1-2H3;2-3H2,1H3/b23-14+;;;. The lowest BCUT2D eigenvalue weighted by Crippen LogP contribution is -2.04. The molecule has 0 heterocycles. The molecule has 2 nitrogen and oxygen atoms in total. The lowest BCUT2D eigenvalue weighted by Gasteiger charge is -2.18. The zero-order valence-corrected chi connectivity index (χ0v) is 25.0. The fraction of sp³-hybridized carbons (Fsp3) is 0.515. The Morgan fingerprint density at radius 2 is 1.61 bits per heavy atom. The Morgan fingerprint density at radius 3 is 2.08 bits per heavy atom. The number of rotatable bonds is 7. The van der Waals surface area contributed by atoms with Gasteiger partial charge in [0.15, 0.2) is 0 Å². The van der Waals surface area contributed by atoms with Gasteiger partial charge in [-0.2, -0.15) is 0 Å². The molecule has 2 atom stereocenters. The van der Waals surface area contributed by atoms with Gasteiger partial charge in [0.2, 0.25) is 0 Å². The van der Waals surface area contributed by atoms with Gasteiger partial charge in [-0.05, 0) is 85.2 Å². The van der Waals surface area contributed by atoms with Crippen LogP contribution in [0.5, 0.6) is 5.75 Å². The van der Waals surface area contributed by atoms with Crippen LogP contribution >= 0.6 is 11.6 Å². The Labute approximate surface area is 228 Å². The van der Waals surface area contributed by atoms with Gasteiger partial charge in [0.25, 0.3) is 0 Å². The number of unbranched alkanes of at least 4 members (excludes halogenated alkanes) is 1. The second-order valence-corrected chi connectivity index (χ2v) is 9.82. The summed E-state index contributed by atoms with van der Waals surface area (Å²) in [6.45, 7) is 21.8. The van der Waals surface area contributed by atoms with Crippen molar-refractivity contribution in [1.82, 2.24) is 0 Å². The Morgan fingerprint density at radius 1 is 1.06 bits per heavy atom. The van der Waals surface area contributed by atoms with E-state index in [-0.39, 0.29) is 6.10 Å². The summed E-state index contributed by atoms with van der Waals surface area (Å²) in [6.07, 6.45) is 9.34. The molecule has 0 aromatic heterocycles. The van der Waals surface area contributed by atoms with Gasteiger partial charge < -0.3 is 10.5 Å². The maximum atomic E-state index is 6.26. The van der Waals surface area contributed by atoms with Crippen LogP contribution in [0.2, 0.25) is 5.02 Å². The van der Waals surface area contributed by atoms with Gasteiger partial charge in [0.05, 0.1) is 0 Å². The van der Waals surface area contributed by atoms with Crippen molar-refractivity contribution in [3.8, 4) is 5.75 Å². The fourth-order valence-corrected chi connectivity index (χ4v) is 3.75. The van der Waals surface area contributed by atoms with Crippen LogP contribution in [0.3, 0.4) is 0 Å². The van der Waals surface area contributed by atoms with E-state index in [0.29, 0.717) is 5.92 Å². The van der Waals surface area contributed by atoms with Crippen LogP contribution < -0.4 is 10.5 Å². The Hall–Kier alpha value is -2.03. The first kappa shape index (κ1) is 34.0. The fourth-order valence-electron chi connectivity index (χ4n) is 3.56. The molecule has 0 fully saturated rings. The number of benzene rings is 2. The Balaban J connectivity index is 0.00000106. The predicted molar refractivity (Wildman–Crippen MR) is 163 cm³/mol. The lowest BCUT2D eigenvalue weighted by molar-refractivity contribution is 0.207. The van der Waals surface area contributed by atoms with Crippen molar-refractivity contribution < 1.29 is 4.74 Å². The number of halogens is 1. The largest absolute Gasteiger partial charge is 0.486 e. The molecule has 2 aromatic rings. The van der Waals surface area contributed by atoms with Crippen LogP contribution in [0.4, 0.5) is 0 Å². The monoisotopic (exact) mass is 513 g/mol. The molecule has 3 rings (SSSR count). The first-order valence-corrected chi connectivity index (χ1v) is 14.2. The lowest BCUT2D eigenvalue weighted by atomic mass is 9.90. The van der Waals surface area contributed by atoms with E-state index in [1.807, 2.05) is 19.9 Å². The van der Waals surface area contributed by atoms with Gasteiger partial charge in [0.1, 0.15) is 11.9 Å². The number of aryl methyl sites for hydroxylation is 1. The molecule has 0 radical (unpaired) electrons. The second-order valence-electron chi connectivity index (χ2n) is 9.38. The number of nitrogens with two attached hydrogens (primary N) is 1. The number of hydrogen-bond donors (Lipinski definition) is 1. The van der Waals surface area contributed by atoms with E-state index < -0.39 is 0 Å². The maximum Gasteiger partial charge on any atom is 0.124 e. The van der Waals surface area contributed by atoms with Crippen molar-refractivity contribution >= 4 is 17.2 Å². The maximum absolute atomic E-state index is 6.26. The van der Waals surface area contributed by atoms with Crippen molar-refractivity contribution in [2.24, 2.45) is 11.7 Å². The van der Waals surface area contributed by atoms with E-state index in [2.05, 4.69) is 90.6 Å². The van der Waals surface area contributed by atoms with E-state index in [0.717, 1.165) is 42.2 Å². The van der Waals surface area contributed by atoms with Crippen molar-refractivity contribution in [2.45, 2.75) is 100 Å². The van der Waals surface area contributed by atoms with Crippen LogP contribution in [0.1, 0.15) is 110 Å². The van der Waals surface area contributed by atoms with Crippen molar-refractivity contribution in [2.75, 3.05) is 6.54 Å². The zero-order valence-electron chi connectivity index (χ0n) is 24.3. The molecule has 2 N–H and O–H groups in total. The quantitative estimate of drug-likeness (QED) is 0.373. The molecule has 2 unspecified atom stereocenters. The Bertz CT molecular complexity index is 881. The first-order valence-electron chi connectivity index (χ1n) is 13.8. The van der Waals surface area contributed by atoms with Crippen LogP contribution in [0, 0.1) is 5.92 Å². The van der Waals surface area contributed by atoms with Crippen LogP contribution in [0.25, 0.3) is 5.57 Å². The molecular weight excluding hydrogens is 462 g/mol. The molecule has 202 valence electrons. The molecule has 3 heteroatoms. The minimum atomic E-state index is 0.119. The van der Waals surface area contributed by atoms with E-state index in [9.17, 15) is 0 Å². The Kier molecular flexibility index (Phi) is 18.9. The van der Waals surface area contributed by atoms with E-state index in [4.69, 9.17) is 22.1 Å². The van der Waals surface area contributed by atoms with Gasteiger partial charge in [-0.25, -0.2) is 0 Å². The van der Waals surface area contributed by atoms with E-state index in [1.54, 1.807) is 0 Å². The summed E-state index contributed by atoms with van der Waals surface area (Å²) in [7, 11) is 0. The minimum Gasteiger partial charge on any atom is -0.486 e. The molecule has 0 bridgehead atoms. The number of hydrogen-bond acceptors (Lipinski definition) is 2. The highest BCUT2D eigenvalue weighted by Crippen LogP contribution is 2.37. The van der Waals surface area contributed by atoms with Gasteiger partial charge in [-0.1, -0.05) is 116 Å². The third kappa shape index (κ3) is 12.8. The van der Waals surface area contributed by atoms with Crippen LogP contribution in [0.15, 0.2) is 60.7 Å². The summed E-state index contributed by atoms with van der Waals surface area (Å²) >= 11 is 6.10. The summed E-state index contributed by atoms with van der Waals surface area (Å²) in [5, 5.41) is 0.802. The number of ether oxygens (including phenoxy) is 1. The van der Waals surface area contributed by atoms with E-state index >= 15 is 0 Å². The molecule has 0 spiro atoms. The van der Waals surface area contributed by atoms with Crippen molar-refractivity contribution in [3.05, 3.63) is 82.4 Å². The zero-order chi connectivity index (χ0) is 27.5. The molecule has 1 aliphatic rings. The number of allylic oxidation sites excluding steroid dienone is 3.